The minimum Gasteiger partial charge on any atom is -0.487 e. The molecule has 1 aliphatic rings. The molecule has 1 aliphatic heterocycles. The first-order valence-corrected chi connectivity index (χ1v) is 13.9. The first kappa shape index (κ1) is 24.1. The Bertz CT molecular complexity index is 1590. The Morgan fingerprint density at radius 3 is 2.60 bits per heavy atom. The second-order valence-electron chi connectivity index (χ2n) is 9.49. The normalized spacial score (nSPS) is 17.2. The summed E-state index contributed by atoms with van der Waals surface area (Å²) in [5.74, 6) is 0.696. The monoisotopic (exact) mass is 528 g/mol. The van der Waals surface area contributed by atoms with Crippen LogP contribution in [0.15, 0.2) is 70.4 Å². The third kappa shape index (κ3) is 4.89. The van der Waals surface area contributed by atoms with Crippen molar-refractivity contribution in [2.75, 3.05) is 0 Å². The number of benzene rings is 3. The summed E-state index contributed by atoms with van der Waals surface area (Å²) in [7, 11) is -3.85. The van der Waals surface area contributed by atoms with E-state index in [2.05, 4.69) is 4.72 Å². The van der Waals surface area contributed by atoms with Crippen LogP contribution < -0.4 is 14.3 Å². The highest BCUT2D eigenvalue weighted by atomic mass is 35.5. The quantitative estimate of drug-likeness (QED) is 0.363. The molecule has 1 N–H and O–H groups in total. The van der Waals surface area contributed by atoms with Crippen LogP contribution in [0, 0.1) is 6.92 Å². The van der Waals surface area contributed by atoms with Crippen molar-refractivity contribution in [2.45, 2.75) is 50.3 Å². The van der Waals surface area contributed by atoms with Gasteiger partial charge < -0.3 is 4.74 Å². The van der Waals surface area contributed by atoms with E-state index in [4.69, 9.17) is 16.3 Å². The van der Waals surface area contributed by atoms with Crippen LogP contribution in [0.2, 0.25) is 5.02 Å². The molecule has 0 radical (unpaired) electrons. The van der Waals surface area contributed by atoms with E-state index in [9.17, 15) is 13.2 Å². The summed E-state index contributed by atoms with van der Waals surface area (Å²) in [5.41, 5.74) is 2.98. The fraction of sp³-hybridized carbons (Fsp3) is 0.269. The molecule has 1 aromatic heterocycles. The Morgan fingerprint density at radius 1 is 1.11 bits per heavy atom. The number of thiazole rings is 1. The van der Waals surface area contributed by atoms with Crippen LogP contribution in [0.4, 0.5) is 0 Å². The number of hydrogen-bond donors (Lipinski definition) is 1. The predicted molar refractivity (Wildman–Crippen MR) is 140 cm³/mol. The molecule has 2 heterocycles. The van der Waals surface area contributed by atoms with Crippen molar-refractivity contribution >= 4 is 43.2 Å². The topological polar surface area (TPSA) is 77.4 Å². The highest BCUT2D eigenvalue weighted by Gasteiger charge is 2.36. The van der Waals surface area contributed by atoms with Gasteiger partial charge in [-0.1, -0.05) is 47.2 Å². The largest absolute Gasteiger partial charge is 0.487 e. The SMILES string of the molecule is Cc1ccc2c(c1)OC(C)(C)C[C@H]2NS(=O)(=O)c1ccc2c(c1)sc(=O)n2Cc1ccc(Cl)cc1. The average molecular weight is 529 g/mol. The number of hydrogen-bond acceptors (Lipinski definition) is 5. The highest BCUT2D eigenvalue weighted by molar-refractivity contribution is 7.89. The van der Waals surface area contributed by atoms with Crippen LogP contribution in [0.25, 0.3) is 10.2 Å². The standard InChI is InChI=1S/C26H25ClN2O4S2/c1-16-4-10-20-21(14-26(2,3)33-23(20)12-16)28-35(31,32)19-9-11-22-24(13-19)34-25(30)29(22)15-17-5-7-18(27)8-6-17/h4-13,21,28H,14-15H2,1-3H3/t21-/m1/s1. The summed E-state index contributed by atoms with van der Waals surface area (Å²) >= 11 is 7.00. The lowest BCUT2D eigenvalue weighted by molar-refractivity contribution is 0.0701. The minimum absolute atomic E-state index is 0.128. The van der Waals surface area contributed by atoms with Crippen molar-refractivity contribution in [3.05, 3.63) is 92.0 Å². The van der Waals surface area contributed by atoms with E-state index in [-0.39, 0.29) is 9.77 Å². The minimum atomic E-state index is -3.85. The smallest absolute Gasteiger partial charge is 0.308 e. The molecule has 0 aliphatic carbocycles. The molecule has 0 saturated carbocycles. The number of aromatic nitrogens is 1. The Labute approximate surface area is 213 Å². The molecule has 0 spiro atoms. The summed E-state index contributed by atoms with van der Waals surface area (Å²) in [4.78, 5) is 12.7. The molecule has 1 atom stereocenters. The molecule has 0 fully saturated rings. The molecule has 6 nitrogen and oxygen atoms in total. The number of sulfonamides is 1. The molecule has 4 aromatic rings. The van der Waals surface area contributed by atoms with Gasteiger partial charge in [0.1, 0.15) is 11.4 Å². The lowest BCUT2D eigenvalue weighted by Crippen LogP contribution is -2.41. The molecule has 3 aromatic carbocycles. The zero-order valence-electron chi connectivity index (χ0n) is 19.5. The van der Waals surface area contributed by atoms with Gasteiger partial charge >= 0.3 is 4.87 Å². The maximum Gasteiger partial charge on any atom is 0.308 e. The summed E-state index contributed by atoms with van der Waals surface area (Å²) in [6, 6.07) is 17.5. The molecule has 0 saturated heterocycles. The average Bonchev–Trinajstić information content (AvgIpc) is 3.08. The van der Waals surface area contributed by atoms with Crippen LogP contribution in [-0.2, 0) is 16.6 Å². The lowest BCUT2D eigenvalue weighted by atomic mass is 9.90. The zero-order valence-corrected chi connectivity index (χ0v) is 21.9. The fourth-order valence-corrected chi connectivity index (χ4v) is 6.83. The number of rotatable bonds is 5. The predicted octanol–water partition coefficient (Wildman–Crippen LogP) is 5.65. The second kappa shape index (κ2) is 8.78. The molecule has 0 bridgehead atoms. The molecular formula is C26H25ClN2O4S2. The van der Waals surface area contributed by atoms with E-state index in [1.54, 1.807) is 34.9 Å². The number of ether oxygens (including phenoxy) is 1. The van der Waals surface area contributed by atoms with Crippen LogP contribution in [0.3, 0.4) is 0 Å². The van der Waals surface area contributed by atoms with Crippen molar-refractivity contribution in [3.63, 3.8) is 0 Å². The third-order valence-corrected chi connectivity index (χ3v) is 8.79. The van der Waals surface area contributed by atoms with Gasteiger partial charge in [0.05, 0.1) is 27.7 Å². The summed E-state index contributed by atoms with van der Waals surface area (Å²) in [6.07, 6.45) is 0.495. The summed E-state index contributed by atoms with van der Waals surface area (Å²) < 4.78 is 38.0. The Balaban J connectivity index is 1.46. The van der Waals surface area contributed by atoms with E-state index in [1.165, 1.54) is 0 Å². The Hall–Kier alpha value is -2.65. The van der Waals surface area contributed by atoms with Crippen LogP contribution in [-0.4, -0.2) is 18.6 Å². The third-order valence-electron chi connectivity index (χ3n) is 6.13. The van der Waals surface area contributed by atoms with Gasteiger partial charge in [0.25, 0.3) is 0 Å². The van der Waals surface area contributed by atoms with Crippen molar-refractivity contribution in [2.24, 2.45) is 0 Å². The molecule has 5 rings (SSSR count). The van der Waals surface area contributed by atoms with E-state index in [0.29, 0.717) is 34.0 Å². The number of fused-ring (bicyclic) bond motifs is 2. The van der Waals surface area contributed by atoms with E-state index >= 15 is 0 Å². The number of aryl methyl sites for hydroxylation is 1. The molecule has 182 valence electrons. The van der Waals surface area contributed by atoms with E-state index in [0.717, 1.165) is 28.0 Å². The first-order chi connectivity index (χ1) is 16.5. The Morgan fingerprint density at radius 2 is 1.86 bits per heavy atom. The van der Waals surface area contributed by atoms with Gasteiger partial charge in [-0.3, -0.25) is 9.36 Å². The highest BCUT2D eigenvalue weighted by Crippen LogP contribution is 2.40. The zero-order chi connectivity index (χ0) is 25.0. The second-order valence-corrected chi connectivity index (χ2v) is 12.6. The van der Waals surface area contributed by atoms with Crippen LogP contribution >= 0.6 is 22.9 Å². The van der Waals surface area contributed by atoms with Crippen molar-refractivity contribution in [1.82, 2.24) is 9.29 Å². The van der Waals surface area contributed by atoms with Crippen LogP contribution in [0.5, 0.6) is 5.75 Å². The number of halogens is 1. The number of nitrogens with zero attached hydrogens (tertiary/aromatic N) is 1. The molecule has 35 heavy (non-hydrogen) atoms. The molecular weight excluding hydrogens is 504 g/mol. The lowest BCUT2D eigenvalue weighted by Gasteiger charge is -2.38. The van der Waals surface area contributed by atoms with Crippen molar-refractivity contribution < 1.29 is 13.2 Å². The summed E-state index contributed by atoms with van der Waals surface area (Å²) in [5, 5.41) is 0.629. The fourth-order valence-electron chi connectivity index (χ4n) is 4.46. The first-order valence-electron chi connectivity index (χ1n) is 11.2. The number of nitrogens with one attached hydrogen (secondary N) is 1. The van der Waals surface area contributed by atoms with E-state index < -0.39 is 21.7 Å². The maximum atomic E-state index is 13.4. The summed E-state index contributed by atoms with van der Waals surface area (Å²) in [6.45, 7) is 6.26. The van der Waals surface area contributed by atoms with Gasteiger partial charge in [-0.25, -0.2) is 13.1 Å². The van der Waals surface area contributed by atoms with Gasteiger partial charge in [-0.2, -0.15) is 0 Å². The molecule has 0 amide bonds. The Kier molecular flexibility index (Phi) is 6.04. The van der Waals surface area contributed by atoms with Crippen molar-refractivity contribution in [3.8, 4) is 5.75 Å². The van der Waals surface area contributed by atoms with Crippen molar-refractivity contribution in [1.29, 1.82) is 0 Å². The van der Waals surface area contributed by atoms with Gasteiger partial charge in [0.15, 0.2) is 0 Å². The van der Waals surface area contributed by atoms with Gasteiger partial charge in [-0.05, 0) is 68.3 Å². The van der Waals surface area contributed by atoms with Gasteiger partial charge in [0, 0.05) is 17.0 Å². The molecule has 0 unspecified atom stereocenters. The van der Waals surface area contributed by atoms with E-state index in [1.807, 2.05) is 51.1 Å². The maximum absolute atomic E-state index is 13.4. The van der Waals surface area contributed by atoms with Gasteiger partial charge in [-0.15, -0.1) is 0 Å². The molecule has 9 heteroatoms. The van der Waals surface area contributed by atoms with Gasteiger partial charge in [0.2, 0.25) is 10.0 Å². The van der Waals surface area contributed by atoms with Crippen LogP contribution in [0.1, 0.15) is 43.0 Å².